The van der Waals surface area contributed by atoms with E-state index in [0.717, 1.165) is 5.69 Å². The average Bonchev–Trinajstić information content (AvgIpc) is 2.98. The summed E-state index contributed by atoms with van der Waals surface area (Å²) in [5, 5.41) is 12.7. The van der Waals surface area contributed by atoms with E-state index in [1.165, 1.54) is 10.6 Å². The number of nitrogens with zero attached hydrogens (tertiary/aromatic N) is 6. The summed E-state index contributed by atoms with van der Waals surface area (Å²) in [6.45, 7) is 2.70. The molecule has 1 aliphatic heterocycles. The molecule has 0 N–H and O–H groups in total. The standard InChI is InChI=1S/C13H16Cl2N6O2S/c1-24(22,23)20-6-4-19(5-7-20)9-13-16-17-18-21(13)10-2-3-11(14)12(15)8-10/h2-3,8H,4-7,9H2,1H3. The van der Waals surface area contributed by atoms with Crippen LogP contribution in [0.1, 0.15) is 5.82 Å². The zero-order valence-electron chi connectivity index (χ0n) is 12.9. The quantitative estimate of drug-likeness (QED) is 0.775. The van der Waals surface area contributed by atoms with Gasteiger partial charge in [0.1, 0.15) is 0 Å². The summed E-state index contributed by atoms with van der Waals surface area (Å²) in [5.41, 5.74) is 0.721. The third-order valence-corrected chi connectivity index (χ3v) is 5.89. The molecule has 1 aliphatic rings. The summed E-state index contributed by atoms with van der Waals surface area (Å²) in [6, 6.07) is 5.18. The Bertz CT molecular complexity index is 833. The van der Waals surface area contributed by atoms with Gasteiger partial charge in [0.25, 0.3) is 0 Å². The van der Waals surface area contributed by atoms with Crippen molar-refractivity contribution in [2.24, 2.45) is 0 Å². The lowest BCUT2D eigenvalue weighted by atomic mass is 10.3. The molecule has 0 amide bonds. The lowest BCUT2D eigenvalue weighted by Crippen LogP contribution is -2.48. The Morgan fingerprint density at radius 2 is 1.83 bits per heavy atom. The van der Waals surface area contributed by atoms with E-state index >= 15 is 0 Å². The summed E-state index contributed by atoms with van der Waals surface area (Å²) >= 11 is 12.0. The second kappa shape index (κ2) is 6.93. The molecular formula is C13H16Cl2N6O2S. The first-order valence-corrected chi connectivity index (χ1v) is 9.85. The Morgan fingerprint density at radius 1 is 1.12 bits per heavy atom. The van der Waals surface area contributed by atoms with Gasteiger partial charge in [-0.05, 0) is 28.6 Å². The molecule has 0 unspecified atom stereocenters. The van der Waals surface area contributed by atoms with Crippen LogP contribution < -0.4 is 0 Å². The van der Waals surface area contributed by atoms with Gasteiger partial charge >= 0.3 is 0 Å². The fraction of sp³-hybridized carbons (Fsp3) is 0.462. The van der Waals surface area contributed by atoms with E-state index < -0.39 is 10.0 Å². The Kier molecular flexibility index (Phi) is 5.07. The third-order valence-electron chi connectivity index (χ3n) is 3.85. The monoisotopic (exact) mass is 390 g/mol. The molecule has 0 aliphatic carbocycles. The maximum atomic E-state index is 11.6. The molecular weight excluding hydrogens is 375 g/mol. The van der Waals surface area contributed by atoms with Crippen LogP contribution in [0.2, 0.25) is 10.0 Å². The van der Waals surface area contributed by atoms with Crippen LogP contribution in [0.3, 0.4) is 0 Å². The number of piperazine rings is 1. The zero-order valence-corrected chi connectivity index (χ0v) is 15.3. The Morgan fingerprint density at radius 3 is 2.46 bits per heavy atom. The van der Waals surface area contributed by atoms with E-state index in [0.29, 0.717) is 48.6 Å². The number of hydrogen-bond donors (Lipinski definition) is 0. The van der Waals surface area contributed by atoms with E-state index in [1.807, 2.05) is 0 Å². The molecule has 0 radical (unpaired) electrons. The van der Waals surface area contributed by atoms with Gasteiger partial charge in [-0.2, -0.15) is 8.99 Å². The van der Waals surface area contributed by atoms with Crippen molar-refractivity contribution < 1.29 is 8.42 Å². The first-order valence-electron chi connectivity index (χ1n) is 7.25. The Labute approximate surface area is 150 Å². The molecule has 2 aromatic rings. The van der Waals surface area contributed by atoms with Gasteiger partial charge in [0, 0.05) is 26.2 Å². The minimum Gasteiger partial charge on any atom is -0.293 e. The number of halogens is 2. The molecule has 3 rings (SSSR count). The van der Waals surface area contributed by atoms with Gasteiger partial charge in [-0.25, -0.2) is 8.42 Å². The molecule has 0 bridgehead atoms. The number of hydrogen-bond acceptors (Lipinski definition) is 6. The van der Waals surface area contributed by atoms with Gasteiger partial charge in [0.05, 0.1) is 28.5 Å². The summed E-state index contributed by atoms with van der Waals surface area (Å²) in [7, 11) is -3.14. The van der Waals surface area contributed by atoms with Crippen molar-refractivity contribution in [2.45, 2.75) is 6.54 Å². The second-order valence-corrected chi connectivity index (χ2v) is 8.34. The molecule has 8 nitrogen and oxygen atoms in total. The zero-order chi connectivity index (χ0) is 17.3. The van der Waals surface area contributed by atoms with Crippen LogP contribution in [-0.4, -0.2) is 70.3 Å². The van der Waals surface area contributed by atoms with Crippen LogP contribution in [0.25, 0.3) is 5.69 Å². The van der Waals surface area contributed by atoms with Gasteiger partial charge in [0.15, 0.2) is 5.82 Å². The molecule has 24 heavy (non-hydrogen) atoms. The van der Waals surface area contributed by atoms with Crippen molar-refractivity contribution in [1.82, 2.24) is 29.4 Å². The van der Waals surface area contributed by atoms with Crippen molar-refractivity contribution in [3.63, 3.8) is 0 Å². The van der Waals surface area contributed by atoms with Crippen molar-refractivity contribution in [1.29, 1.82) is 0 Å². The summed E-state index contributed by atoms with van der Waals surface area (Å²) in [4.78, 5) is 2.11. The molecule has 2 heterocycles. The van der Waals surface area contributed by atoms with Gasteiger partial charge in [-0.15, -0.1) is 5.10 Å². The number of sulfonamides is 1. The largest absolute Gasteiger partial charge is 0.293 e. The minimum absolute atomic E-state index is 0.428. The van der Waals surface area contributed by atoms with Gasteiger partial charge in [0.2, 0.25) is 10.0 Å². The topological polar surface area (TPSA) is 84.2 Å². The molecule has 1 aromatic carbocycles. The second-order valence-electron chi connectivity index (χ2n) is 5.54. The fourth-order valence-corrected chi connectivity index (χ4v) is 3.66. The number of rotatable bonds is 4. The molecule has 130 valence electrons. The highest BCUT2D eigenvalue weighted by atomic mass is 35.5. The minimum atomic E-state index is -3.14. The summed E-state index contributed by atoms with van der Waals surface area (Å²) in [5.74, 6) is 0.654. The van der Waals surface area contributed by atoms with Gasteiger partial charge in [-0.1, -0.05) is 23.2 Å². The van der Waals surface area contributed by atoms with E-state index in [9.17, 15) is 8.42 Å². The predicted octanol–water partition coefficient (Wildman–Crippen LogP) is 1.05. The van der Waals surface area contributed by atoms with E-state index in [-0.39, 0.29) is 0 Å². The first kappa shape index (κ1) is 17.6. The number of tetrazole rings is 1. The normalized spacial score (nSPS) is 17.3. The summed E-state index contributed by atoms with van der Waals surface area (Å²) in [6.07, 6.45) is 1.23. The molecule has 11 heteroatoms. The highest BCUT2D eigenvalue weighted by molar-refractivity contribution is 7.88. The fourth-order valence-electron chi connectivity index (χ4n) is 2.54. The van der Waals surface area contributed by atoms with Crippen molar-refractivity contribution in [2.75, 3.05) is 32.4 Å². The maximum absolute atomic E-state index is 11.6. The van der Waals surface area contributed by atoms with Crippen molar-refractivity contribution >= 4 is 33.2 Å². The van der Waals surface area contributed by atoms with Crippen molar-refractivity contribution in [3.05, 3.63) is 34.1 Å². The summed E-state index contributed by atoms with van der Waals surface area (Å²) < 4.78 is 26.2. The van der Waals surface area contributed by atoms with Crippen LogP contribution in [0, 0.1) is 0 Å². The smallest absolute Gasteiger partial charge is 0.211 e. The van der Waals surface area contributed by atoms with Crippen LogP contribution in [0.5, 0.6) is 0 Å². The number of aromatic nitrogens is 4. The van der Waals surface area contributed by atoms with E-state index in [1.54, 1.807) is 22.9 Å². The van der Waals surface area contributed by atoms with Crippen LogP contribution in [0.4, 0.5) is 0 Å². The lowest BCUT2D eigenvalue weighted by molar-refractivity contribution is 0.177. The SMILES string of the molecule is CS(=O)(=O)N1CCN(Cc2nnnn2-c2ccc(Cl)c(Cl)c2)CC1. The predicted molar refractivity (Wildman–Crippen MR) is 90.9 cm³/mol. The van der Waals surface area contributed by atoms with Gasteiger partial charge < -0.3 is 0 Å². The van der Waals surface area contributed by atoms with Gasteiger partial charge in [-0.3, -0.25) is 4.90 Å². The van der Waals surface area contributed by atoms with Crippen LogP contribution >= 0.6 is 23.2 Å². The molecule has 1 aromatic heterocycles. The Balaban J connectivity index is 1.72. The highest BCUT2D eigenvalue weighted by Gasteiger charge is 2.24. The van der Waals surface area contributed by atoms with Crippen LogP contribution in [-0.2, 0) is 16.6 Å². The Hall–Kier alpha value is -1.26. The lowest BCUT2D eigenvalue weighted by Gasteiger charge is -2.32. The molecule has 1 saturated heterocycles. The number of benzene rings is 1. The molecule has 0 atom stereocenters. The average molecular weight is 391 g/mol. The van der Waals surface area contributed by atoms with Crippen LogP contribution in [0.15, 0.2) is 18.2 Å². The van der Waals surface area contributed by atoms with E-state index in [2.05, 4.69) is 20.4 Å². The molecule has 0 saturated carbocycles. The van der Waals surface area contributed by atoms with Crippen molar-refractivity contribution in [3.8, 4) is 5.69 Å². The van der Waals surface area contributed by atoms with E-state index in [4.69, 9.17) is 23.2 Å². The maximum Gasteiger partial charge on any atom is 0.211 e. The first-order chi connectivity index (χ1) is 11.3. The molecule has 1 fully saturated rings. The highest BCUT2D eigenvalue weighted by Crippen LogP contribution is 2.24. The third kappa shape index (κ3) is 3.86. The molecule has 0 spiro atoms.